The van der Waals surface area contributed by atoms with Crippen LogP contribution in [0.1, 0.15) is 0 Å². The molecular formula is C14H22FNOSi2. The summed E-state index contributed by atoms with van der Waals surface area (Å²) in [6.45, 7) is 13.3. The molecule has 0 radical (unpaired) electrons. The monoisotopic (exact) mass is 295 g/mol. The molecule has 5 heteroatoms. The van der Waals surface area contributed by atoms with Crippen LogP contribution in [0.3, 0.4) is 0 Å². The third-order valence-corrected chi connectivity index (χ3v) is 5.44. The molecule has 0 unspecified atom stereocenters. The minimum Gasteiger partial charge on any atom is -0.533 e. The average Bonchev–Trinajstić information content (AvgIpc) is 2.50. The highest BCUT2D eigenvalue weighted by atomic mass is 28.4. The van der Waals surface area contributed by atoms with Gasteiger partial charge in [0.05, 0.1) is 0 Å². The highest BCUT2D eigenvalue weighted by Crippen LogP contribution is 2.31. The molecule has 0 fully saturated rings. The second-order valence-corrected chi connectivity index (χ2v) is 16.1. The first kappa shape index (κ1) is 14.3. The van der Waals surface area contributed by atoms with E-state index in [0.29, 0.717) is 0 Å². The Morgan fingerprint density at radius 3 is 2.16 bits per heavy atom. The van der Waals surface area contributed by atoms with Gasteiger partial charge in [-0.3, -0.25) is 0 Å². The first-order valence-electron chi connectivity index (χ1n) is 6.58. The van der Waals surface area contributed by atoms with Crippen molar-refractivity contribution in [2.75, 3.05) is 0 Å². The lowest BCUT2D eigenvalue weighted by Crippen LogP contribution is -2.36. The second kappa shape index (κ2) is 4.49. The molecule has 0 bridgehead atoms. The summed E-state index contributed by atoms with van der Waals surface area (Å²) in [4.78, 5) is 0. The van der Waals surface area contributed by atoms with Gasteiger partial charge in [-0.05, 0) is 37.8 Å². The first-order valence-corrected chi connectivity index (χ1v) is 13.4. The zero-order chi connectivity index (χ0) is 14.4. The van der Waals surface area contributed by atoms with E-state index in [0.717, 1.165) is 16.8 Å². The normalized spacial score (nSPS) is 13.0. The predicted molar refractivity (Wildman–Crippen MR) is 84.6 cm³/mol. The quantitative estimate of drug-likeness (QED) is 0.750. The molecule has 0 aliphatic rings. The van der Waals surface area contributed by atoms with Crippen LogP contribution < -0.4 is 4.43 Å². The maximum absolute atomic E-state index is 13.4. The maximum atomic E-state index is 13.4. The Balaban J connectivity index is 2.68. The van der Waals surface area contributed by atoms with Gasteiger partial charge in [0, 0.05) is 17.0 Å². The first-order chi connectivity index (χ1) is 8.58. The lowest BCUT2D eigenvalue weighted by molar-refractivity contribution is 0.529. The van der Waals surface area contributed by atoms with Crippen molar-refractivity contribution in [3.63, 3.8) is 0 Å². The van der Waals surface area contributed by atoms with E-state index in [-0.39, 0.29) is 5.82 Å². The summed E-state index contributed by atoms with van der Waals surface area (Å²) in [7, 11) is -3.29. The van der Waals surface area contributed by atoms with E-state index in [1.807, 2.05) is 12.1 Å². The molecule has 0 aliphatic heterocycles. The molecule has 0 saturated heterocycles. The van der Waals surface area contributed by atoms with E-state index in [1.165, 1.54) is 6.07 Å². The summed E-state index contributed by atoms with van der Waals surface area (Å²) in [5.41, 5.74) is 1.08. The van der Waals surface area contributed by atoms with Crippen LogP contribution in [0, 0.1) is 5.82 Å². The molecule has 19 heavy (non-hydrogen) atoms. The molecule has 1 aromatic carbocycles. The molecule has 0 atom stereocenters. The van der Waals surface area contributed by atoms with Crippen molar-refractivity contribution in [2.45, 2.75) is 39.3 Å². The van der Waals surface area contributed by atoms with Crippen LogP contribution in [0.5, 0.6) is 5.88 Å². The molecule has 0 spiro atoms. The van der Waals surface area contributed by atoms with Crippen molar-refractivity contribution < 1.29 is 8.82 Å². The molecule has 104 valence electrons. The van der Waals surface area contributed by atoms with Crippen LogP contribution in [0.4, 0.5) is 4.39 Å². The van der Waals surface area contributed by atoms with Gasteiger partial charge in [0.2, 0.25) is 8.32 Å². The smallest absolute Gasteiger partial charge is 0.244 e. The molecule has 0 N–H and O–H groups in total. The molecule has 0 saturated carbocycles. The number of nitrogens with zero attached hydrogens (tertiary/aromatic N) is 1. The SMILES string of the molecule is C[Si](C)(C)Oc1cc2cc(F)ccc2n1[Si](C)(C)C. The molecule has 1 aromatic heterocycles. The minimum atomic E-state index is -1.68. The van der Waals surface area contributed by atoms with E-state index in [4.69, 9.17) is 4.43 Å². The Bertz CT molecular complexity index is 608. The van der Waals surface area contributed by atoms with Crippen LogP contribution >= 0.6 is 0 Å². The summed E-state index contributed by atoms with van der Waals surface area (Å²) in [6.07, 6.45) is 0. The maximum Gasteiger partial charge on any atom is 0.244 e. The standard InChI is InChI=1S/C14H22FNOSi2/c1-18(2,3)16-13-8-7-12(15)9-11(13)10-14(16)17-19(4,5)6/h7-10H,1-6H3. The third kappa shape index (κ3) is 3.09. The highest BCUT2D eigenvalue weighted by molar-refractivity contribution is 6.76. The largest absolute Gasteiger partial charge is 0.533 e. The van der Waals surface area contributed by atoms with Crippen molar-refractivity contribution in [1.82, 2.24) is 4.23 Å². The van der Waals surface area contributed by atoms with Crippen LogP contribution in [0.15, 0.2) is 24.3 Å². The summed E-state index contributed by atoms with van der Waals surface area (Å²) in [5.74, 6) is 0.707. The summed E-state index contributed by atoms with van der Waals surface area (Å²) >= 11 is 0. The van der Waals surface area contributed by atoms with Gasteiger partial charge in [0.25, 0.3) is 0 Å². The zero-order valence-electron chi connectivity index (χ0n) is 12.5. The number of rotatable bonds is 3. The fourth-order valence-corrected chi connectivity index (χ4v) is 4.81. The summed E-state index contributed by atoms with van der Waals surface area (Å²) in [5, 5.41) is 0.927. The van der Waals surface area contributed by atoms with Crippen molar-refractivity contribution >= 4 is 27.5 Å². The van der Waals surface area contributed by atoms with Gasteiger partial charge in [0.15, 0.2) is 14.1 Å². The minimum absolute atomic E-state index is 0.195. The van der Waals surface area contributed by atoms with Crippen molar-refractivity contribution in [3.05, 3.63) is 30.1 Å². The Hall–Kier alpha value is -1.08. The Labute approximate surface area is 116 Å². The van der Waals surface area contributed by atoms with Gasteiger partial charge in [0.1, 0.15) is 5.82 Å². The summed E-state index contributed by atoms with van der Waals surface area (Å²) in [6, 6.07) is 6.95. The molecule has 0 amide bonds. The van der Waals surface area contributed by atoms with Gasteiger partial charge in [-0.15, -0.1) is 0 Å². The molecule has 2 aromatic rings. The Morgan fingerprint density at radius 2 is 1.63 bits per heavy atom. The molecule has 1 heterocycles. The molecular weight excluding hydrogens is 273 g/mol. The van der Waals surface area contributed by atoms with Crippen LogP contribution in [-0.4, -0.2) is 20.8 Å². The number of fused-ring (bicyclic) bond motifs is 1. The number of hydrogen-bond donors (Lipinski definition) is 0. The Morgan fingerprint density at radius 1 is 1.00 bits per heavy atom. The van der Waals surface area contributed by atoms with Gasteiger partial charge in [-0.1, -0.05) is 19.6 Å². The Kier molecular flexibility index (Phi) is 3.39. The van der Waals surface area contributed by atoms with E-state index in [1.54, 1.807) is 6.07 Å². The third-order valence-electron chi connectivity index (χ3n) is 2.81. The fraction of sp³-hybridized carbons (Fsp3) is 0.429. The highest BCUT2D eigenvalue weighted by Gasteiger charge is 2.26. The van der Waals surface area contributed by atoms with E-state index in [2.05, 4.69) is 43.5 Å². The van der Waals surface area contributed by atoms with Crippen molar-refractivity contribution in [2.24, 2.45) is 0 Å². The van der Waals surface area contributed by atoms with Crippen LogP contribution in [-0.2, 0) is 0 Å². The molecule has 0 aliphatic carbocycles. The lowest BCUT2D eigenvalue weighted by Gasteiger charge is -2.27. The number of halogens is 1. The second-order valence-electron chi connectivity index (χ2n) is 6.91. The molecule has 2 rings (SSSR count). The topological polar surface area (TPSA) is 14.2 Å². The number of aromatic nitrogens is 1. The van der Waals surface area contributed by atoms with E-state index >= 15 is 0 Å². The van der Waals surface area contributed by atoms with Gasteiger partial charge < -0.3 is 8.66 Å². The number of benzene rings is 1. The number of hydrogen-bond acceptors (Lipinski definition) is 1. The van der Waals surface area contributed by atoms with E-state index < -0.39 is 16.6 Å². The fourth-order valence-electron chi connectivity index (χ4n) is 2.24. The zero-order valence-corrected chi connectivity index (χ0v) is 14.5. The lowest BCUT2D eigenvalue weighted by atomic mass is 10.2. The van der Waals surface area contributed by atoms with E-state index in [9.17, 15) is 4.39 Å². The predicted octanol–water partition coefficient (Wildman–Crippen LogP) is 4.68. The van der Waals surface area contributed by atoms with Crippen molar-refractivity contribution in [1.29, 1.82) is 0 Å². The average molecular weight is 296 g/mol. The molecule has 2 nitrogen and oxygen atoms in total. The van der Waals surface area contributed by atoms with Crippen molar-refractivity contribution in [3.8, 4) is 5.88 Å². The van der Waals surface area contributed by atoms with Gasteiger partial charge >= 0.3 is 0 Å². The van der Waals surface area contributed by atoms with Gasteiger partial charge in [-0.25, -0.2) is 4.39 Å². The van der Waals surface area contributed by atoms with Crippen LogP contribution in [0.25, 0.3) is 10.9 Å². The summed E-state index contributed by atoms with van der Waals surface area (Å²) < 4.78 is 21.9. The van der Waals surface area contributed by atoms with Gasteiger partial charge in [-0.2, -0.15) is 0 Å². The van der Waals surface area contributed by atoms with Crippen LogP contribution in [0.2, 0.25) is 39.3 Å².